The molecule has 3 saturated carbocycles. The number of rotatable bonds is 4. The first-order valence-electron chi connectivity index (χ1n) is 12.4. The zero-order chi connectivity index (χ0) is 21.0. The number of allylic oxidation sites excluding steroid dienone is 4. The average Bonchev–Trinajstić information content (AvgIpc) is 3.03. The van der Waals surface area contributed by atoms with Crippen LogP contribution in [0.1, 0.15) is 86.0 Å². The van der Waals surface area contributed by atoms with E-state index in [4.69, 9.17) is 0 Å². The maximum absolute atomic E-state index is 10.2. The SMILES string of the molecule is C=C(C)[C@@H](C)/C=C/[C@@H](C)C1CCC2C3CC=C4CC(O)CCC4(C)C3CCC21C. The molecular formula is C28H44O. The van der Waals surface area contributed by atoms with Crippen LogP contribution in [0.5, 0.6) is 0 Å². The van der Waals surface area contributed by atoms with Crippen molar-refractivity contribution in [1.82, 2.24) is 0 Å². The molecule has 9 atom stereocenters. The molecule has 0 amide bonds. The molecule has 4 aliphatic rings. The Bertz CT molecular complexity index is 701. The first kappa shape index (κ1) is 21.4. The Hall–Kier alpha value is -0.820. The van der Waals surface area contributed by atoms with Crippen LogP contribution < -0.4 is 0 Å². The normalized spacial score (nSPS) is 46.4. The van der Waals surface area contributed by atoms with Crippen LogP contribution in [-0.2, 0) is 0 Å². The Kier molecular flexibility index (Phi) is 5.69. The van der Waals surface area contributed by atoms with Crippen LogP contribution in [0.3, 0.4) is 0 Å². The molecule has 0 bridgehead atoms. The van der Waals surface area contributed by atoms with Gasteiger partial charge in [0.15, 0.2) is 0 Å². The van der Waals surface area contributed by atoms with Crippen molar-refractivity contribution in [3.8, 4) is 0 Å². The second-order valence-corrected chi connectivity index (χ2v) is 11.8. The van der Waals surface area contributed by atoms with Gasteiger partial charge in [-0.25, -0.2) is 0 Å². The van der Waals surface area contributed by atoms with Gasteiger partial charge in [0, 0.05) is 0 Å². The van der Waals surface area contributed by atoms with Gasteiger partial charge in [0.1, 0.15) is 0 Å². The van der Waals surface area contributed by atoms with E-state index in [1.807, 2.05) is 0 Å². The van der Waals surface area contributed by atoms with Gasteiger partial charge in [0.2, 0.25) is 0 Å². The zero-order valence-corrected chi connectivity index (χ0v) is 19.6. The van der Waals surface area contributed by atoms with Crippen LogP contribution in [0.2, 0.25) is 0 Å². The lowest BCUT2D eigenvalue weighted by molar-refractivity contribution is -0.0540. The van der Waals surface area contributed by atoms with Gasteiger partial charge in [0.05, 0.1) is 6.10 Å². The third-order valence-electron chi connectivity index (χ3n) is 10.3. The van der Waals surface area contributed by atoms with Gasteiger partial charge in [-0.3, -0.25) is 0 Å². The minimum atomic E-state index is -0.0928. The highest BCUT2D eigenvalue weighted by Crippen LogP contribution is 2.67. The van der Waals surface area contributed by atoms with Crippen molar-refractivity contribution in [3.63, 3.8) is 0 Å². The third-order valence-corrected chi connectivity index (χ3v) is 10.3. The highest BCUT2D eigenvalue weighted by Gasteiger charge is 2.58. The largest absolute Gasteiger partial charge is 0.393 e. The van der Waals surface area contributed by atoms with Crippen molar-refractivity contribution in [3.05, 3.63) is 36.0 Å². The van der Waals surface area contributed by atoms with E-state index in [9.17, 15) is 5.11 Å². The number of hydrogen-bond donors (Lipinski definition) is 1. The maximum Gasteiger partial charge on any atom is 0.0577 e. The first-order chi connectivity index (χ1) is 13.7. The van der Waals surface area contributed by atoms with Gasteiger partial charge < -0.3 is 5.11 Å². The molecule has 1 N–H and O–H groups in total. The van der Waals surface area contributed by atoms with Crippen LogP contribution in [0, 0.1) is 46.3 Å². The molecule has 0 radical (unpaired) electrons. The zero-order valence-electron chi connectivity index (χ0n) is 19.6. The molecule has 0 aromatic carbocycles. The Labute approximate surface area is 179 Å². The summed E-state index contributed by atoms with van der Waals surface area (Å²) in [7, 11) is 0. The second kappa shape index (κ2) is 7.70. The highest BCUT2D eigenvalue weighted by atomic mass is 16.3. The summed E-state index contributed by atoms with van der Waals surface area (Å²) in [6.07, 6.45) is 17.4. The molecule has 29 heavy (non-hydrogen) atoms. The number of aliphatic hydroxyl groups is 1. The molecule has 0 saturated heterocycles. The predicted octanol–water partition coefficient (Wildman–Crippen LogP) is 7.33. The standard InChI is InChI=1S/C28H44O/c1-18(2)19(3)7-8-20(4)24-11-12-25-23-10-9-21-17-22(29)13-15-27(21,5)26(23)14-16-28(24,25)6/h7-9,19-20,22-26,29H,1,10-17H2,2-6H3/b8-7+/t19-,20+,22?,23?,24?,25?,26?,27?,28?/m0/s1. The minimum Gasteiger partial charge on any atom is -0.393 e. The molecule has 7 unspecified atom stereocenters. The van der Waals surface area contributed by atoms with E-state index in [2.05, 4.69) is 59.4 Å². The van der Waals surface area contributed by atoms with Gasteiger partial charge in [0.25, 0.3) is 0 Å². The van der Waals surface area contributed by atoms with Gasteiger partial charge in [-0.15, -0.1) is 0 Å². The highest BCUT2D eigenvalue weighted by molar-refractivity contribution is 5.25. The summed E-state index contributed by atoms with van der Waals surface area (Å²) < 4.78 is 0. The van der Waals surface area contributed by atoms with E-state index in [0.29, 0.717) is 22.7 Å². The number of aliphatic hydroxyl groups excluding tert-OH is 1. The fraction of sp³-hybridized carbons (Fsp3) is 0.786. The summed E-state index contributed by atoms with van der Waals surface area (Å²) in [5, 5.41) is 10.2. The fourth-order valence-corrected chi connectivity index (χ4v) is 8.19. The molecule has 0 heterocycles. The molecular weight excluding hydrogens is 352 g/mol. The van der Waals surface area contributed by atoms with E-state index in [0.717, 1.165) is 36.5 Å². The summed E-state index contributed by atoms with van der Waals surface area (Å²) in [6, 6.07) is 0. The van der Waals surface area contributed by atoms with Crippen LogP contribution >= 0.6 is 0 Å². The first-order valence-corrected chi connectivity index (χ1v) is 12.4. The van der Waals surface area contributed by atoms with E-state index in [-0.39, 0.29) is 6.10 Å². The third kappa shape index (κ3) is 3.50. The Morgan fingerprint density at radius 3 is 2.59 bits per heavy atom. The number of fused-ring (bicyclic) bond motifs is 5. The smallest absolute Gasteiger partial charge is 0.0577 e. The molecule has 162 valence electrons. The van der Waals surface area contributed by atoms with Crippen molar-refractivity contribution in [1.29, 1.82) is 0 Å². The molecule has 1 heteroatoms. The van der Waals surface area contributed by atoms with Gasteiger partial charge in [-0.1, -0.05) is 63.6 Å². The Morgan fingerprint density at radius 2 is 1.86 bits per heavy atom. The second-order valence-electron chi connectivity index (χ2n) is 11.8. The van der Waals surface area contributed by atoms with E-state index >= 15 is 0 Å². The van der Waals surface area contributed by atoms with Gasteiger partial charge >= 0.3 is 0 Å². The summed E-state index contributed by atoms with van der Waals surface area (Å²) in [5.41, 5.74) is 3.73. The molecule has 0 aliphatic heterocycles. The molecule has 1 nitrogen and oxygen atoms in total. The summed E-state index contributed by atoms with van der Waals surface area (Å²) >= 11 is 0. The van der Waals surface area contributed by atoms with Crippen molar-refractivity contribution in [2.75, 3.05) is 0 Å². The molecule has 0 spiro atoms. The lowest BCUT2D eigenvalue weighted by Crippen LogP contribution is -2.50. The molecule has 3 fully saturated rings. The van der Waals surface area contributed by atoms with E-state index in [1.54, 1.807) is 5.57 Å². The predicted molar refractivity (Wildman–Crippen MR) is 123 cm³/mol. The van der Waals surface area contributed by atoms with Crippen molar-refractivity contribution in [2.45, 2.75) is 92.1 Å². The van der Waals surface area contributed by atoms with Crippen molar-refractivity contribution < 1.29 is 5.11 Å². The minimum absolute atomic E-state index is 0.0928. The maximum atomic E-state index is 10.2. The van der Waals surface area contributed by atoms with Crippen LogP contribution in [0.4, 0.5) is 0 Å². The summed E-state index contributed by atoms with van der Waals surface area (Å²) in [4.78, 5) is 0. The lowest BCUT2D eigenvalue weighted by Gasteiger charge is -2.58. The summed E-state index contributed by atoms with van der Waals surface area (Å²) in [5.74, 6) is 4.59. The van der Waals surface area contributed by atoms with Crippen LogP contribution in [0.25, 0.3) is 0 Å². The Morgan fingerprint density at radius 1 is 1.10 bits per heavy atom. The fourth-order valence-electron chi connectivity index (χ4n) is 8.19. The molecule has 4 aliphatic carbocycles. The Balaban J connectivity index is 1.54. The average molecular weight is 397 g/mol. The summed E-state index contributed by atoms with van der Waals surface area (Å²) in [6.45, 7) is 16.2. The molecule has 0 aromatic rings. The molecule has 0 aromatic heterocycles. The van der Waals surface area contributed by atoms with Gasteiger partial charge in [-0.2, -0.15) is 0 Å². The van der Waals surface area contributed by atoms with E-state index in [1.165, 1.54) is 44.1 Å². The quantitative estimate of drug-likeness (QED) is 0.493. The number of hydrogen-bond acceptors (Lipinski definition) is 1. The topological polar surface area (TPSA) is 20.2 Å². The van der Waals surface area contributed by atoms with Crippen LogP contribution in [0.15, 0.2) is 36.0 Å². The monoisotopic (exact) mass is 396 g/mol. The van der Waals surface area contributed by atoms with Gasteiger partial charge in [-0.05, 0) is 105 Å². The molecule has 4 rings (SSSR count). The lowest BCUT2D eigenvalue weighted by atomic mass is 9.47. The van der Waals surface area contributed by atoms with Crippen molar-refractivity contribution >= 4 is 0 Å². The van der Waals surface area contributed by atoms with Crippen LogP contribution in [-0.4, -0.2) is 11.2 Å². The van der Waals surface area contributed by atoms with E-state index < -0.39 is 0 Å². The van der Waals surface area contributed by atoms with Crippen molar-refractivity contribution in [2.24, 2.45) is 46.3 Å².